The number of para-hydroxylation sites is 1. The Labute approximate surface area is 165 Å². The molecule has 140 valence electrons. The monoisotopic (exact) mass is 393 g/mol. The van der Waals surface area contributed by atoms with Crippen LogP contribution in [0.1, 0.15) is 38.5 Å². The van der Waals surface area contributed by atoms with Crippen molar-refractivity contribution in [3.05, 3.63) is 58.6 Å². The number of benzene rings is 2. The lowest BCUT2D eigenvalue weighted by atomic mass is 9.87. The van der Waals surface area contributed by atoms with Gasteiger partial charge in [0.1, 0.15) is 5.75 Å². The number of carbonyl (C=O) groups excluding carboxylic acids is 1. The average molecular weight is 394 g/mol. The second-order valence-electron chi connectivity index (χ2n) is 6.40. The fourth-order valence-electron chi connectivity index (χ4n) is 3.01. The maximum absolute atomic E-state index is 11.8. The summed E-state index contributed by atoms with van der Waals surface area (Å²) >= 11 is 11.5. The van der Waals surface area contributed by atoms with E-state index < -0.39 is 0 Å². The Bertz CT molecular complexity index is 683. The number of anilines is 1. The smallest absolute Gasteiger partial charge is 0.224 e. The van der Waals surface area contributed by atoms with E-state index in [1.807, 2.05) is 30.3 Å². The zero-order valence-corrected chi connectivity index (χ0v) is 16.5. The number of nitrogens with one attached hydrogen (secondary N) is 1. The number of rotatable bonds is 4. The molecule has 1 aliphatic carbocycles. The number of carbonyl (C=O) groups is 1. The summed E-state index contributed by atoms with van der Waals surface area (Å²) in [7, 11) is 1.60. The highest BCUT2D eigenvalue weighted by atomic mass is 35.5. The van der Waals surface area contributed by atoms with Gasteiger partial charge >= 0.3 is 0 Å². The first-order valence-electron chi connectivity index (χ1n) is 8.92. The van der Waals surface area contributed by atoms with Crippen molar-refractivity contribution >= 4 is 34.8 Å². The highest BCUT2D eigenvalue weighted by molar-refractivity contribution is 6.32. The summed E-state index contributed by atoms with van der Waals surface area (Å²) in [6, 6.07) is 14.6. The van der Waals surface area contributed by atoms with Crippen LogP contribution in [-0.2, 0) is 4.79 Å². The van der Waals surface area contributed by atoms with Crippen molar-refractivity contribution < 1.29 is 9.53 Å². The van der Waals surface area contributed by atoms with E-state index in [9.17, 15) is 4.79 Å². The fourth-order valence-corrected chi connectivity index (χ4v) is 3.35. The van der Waals surface area contributed by atoms with E-state index in [4.69, 9.17) is 27.9 Å². The predicted octanol–water partition coefficient (Wildman–Crippen LogP) is 6.60. The first-order chi connectivity index (χ1) is 12.6. The molecule has 3 nitrogen and oxygen atoms in total. The van der Waals surface area contributed by atoms with Crippen molar-refractivity contribution in [1.29, 1.82) is 0 Å². The molecular formula is C21H25Cl2NO2. The summed E-state index contributed by atoms with van der Waals surface area (Å²) in [4.78, 5) is 11.8. The van der Waals surface area contributed by atoms with Crippen molar-refractivity contribution in [2.75, 3.05) is 12.4 Å². The zero-order valence-electron chi connectivity index (χ0n) is 15.0. The average Bonchev–Trinajstić information content (AvgIpc) is 2.65. The van der Waals surface area contributed by atoms with Crippen molar-refractivity contribution in [1.82, 2.24) is 0 Å². The van der Waals surface area contributed by atoms with Gasteiger partial charge < -0.3 is 10.1 Å². The van der Waals surface area contributed by atoms with Crippen molar-refractivity contribution in [3.63, 3.8) is 0 Å². The molecule has 0 aliphatic heterocycles. The van der Waals surface area contributed by atoms with E-state index in [1.165, 1.54) is 32.1 Å². The van der Waals surface area contributed by atoms with Gasteiger partial charge in [-0.2, -0.15) is 0 Å². The van der Waals surface area contributed by atoms with E-state index >= 15 is 0 Å². The molecule has 1 fully saturated rings. The van der Waals surface area contributed by atoms with Crippen LogP contribution in [0, 0.1) is 5.92 Å². The van der Waals surface area contributed by atoms with Gasteiger partial charge in [-0.1, -0.05) is 54.6 Å². The lowest BCUT2D eigenvalue weighted by Crippen LogP contribution is -2.18. The maximum atomic E-state index is 11.8. The molecule has 2 aromatic rings. The molecule has 0 unspecified atom stereocenters. The summed E-state index contributed by atoms with van der Waals surface area (Å²) in [5.41, 5.74) is 0.829. The van der Waals surface area contributed by atoms with Crippen LogP contribution in [0.3, 0.4) is 0 Å². The van der Waals surface area contributed by atoms with Crippen LogP contribution in [0.15, 0.2) is 48.5 Å². The van der Waals surface area contributed by atoms with Gasteiger partial charge in [-0.05, 0) is 55.2 Å². The van der Waals surface area contributed by atoms with Crippen LogP contribution in [0.4, 0.5) is 5.69 Å². The van der Waals surface area contributed by atoms with Crippen molar-refractivity contribution in [2.24, 2.45) is 5.92 Å². The lowest BCUT2D eigenvalue weighted by molar-refractivity contribution is -0.117. The summed E-state index contributed by atoms with van der Waals surface area (Å²) in [5, 5.41) is 4.26. The third-order valence-corrected chi connectivity index (χ3v) is 4.95. The quantitative estimate of drug-likeness (QED) is 0.635. The SMILES string of the molecule is COc1ccccc1Cl.O=C(CC1CCCCC1)Nc1ccc(Cl)cc1. The summed E-state index contributed by atoms with van der Waals surface area (Å²) in [6.45, 7) is 0. The van der Waals surface area contributed by atoms with Crippen LogP contribution < -0.4 is 10.1 Å². The highest BCUT2D eigenvalue weighted by Gasteiger charge is 2.16. The van der Waals surface area contributed by atoms with Gasteiger partial charge in [-0.3, -0.25) is 4.79 Å². The molecule has 0 heterocycles. The van der Waals surface area contributed by atoms with Crippen LogP contribution in [0.25, 0.3) is 0 Å². The molecule has 0 spiro atoms. The minimum absolute atomic E-state index is 0.124. The van der Waals surface area contributed by atoms with E-state index in [0.717, 1.165) is 11.4 Å². The van der Waals surface area contributed by atoms with E-state index in [1.54, 1.807) is 25.3 Å². The van der Waals surface area contributed by atoms with Crippen LogP contribution >= 0.6 is 23.2 Å². The lowest BCUT2D eigenvalue weighted by Gasteiger charge is -2.20. The molecular weight excluding hydrogens is 369 g/mol. The molecule has 26 heavy (non-hydrogen) atoms. The molecule has 1 saturated carbocycles. The van der Waals surface area contributed by atoms with Crippen molar-refractivity contribution in [3.8, 4) is 5.75 Å². The summed E-state index contributed by atoms with van der Waals surface area (Å²) in [6.07, 6.45) is 6.94. The first kappa shape index (κ1) is 20.6. The minimum Gasteiger partial charge on any atom is -0.495 e. The summed E-state index contributed by atoms with van der Waals surface area (Å²) < 4.78 is 4.91. The third kappa shape index (κ3) is 7.27. The number of methoxy groups -OCH3 is 1. The van der Waals surface area contributed by atoms with Crippen LogP contribution in [0.5, 0.6) is 5.75 Å². The van der Waals surface area contributed by atoms with Crippen LogP contribution in [0.2, 0.25) is 10.0 Å². The van der Waals surface area contributed by atoms with Gasteiger partial charge in [0.05, 0.1) is 12.1 Å². The number of amides is 1. The fraction of sp³-hybridized carbons (Fsp3) is 0.381. The molecule has 1 N–H and O–H groups in total. The third-order valence-electron chi connectivity index (χ3n) is 4.38. The highest BCUT2D eigenvalue weighted by Crippen LogP contribution is 2.26. The topological polar surface area (TPSA) is 38.3 Å². The number of hydrogen-bond donors (Lipinski definition) is 1. The largest absolute Gasteiger partial charge is 0.495 e. The Hall–Kier alpha value is -1.71. The molecule has 5 heteroatoms. The van der Waals surface area contributed by atoms with Gasteiger partial charge in [0, 0.05) is 17.1 Å². The van der Waals surface area contributed by atoms with Crippen molar-refractivity contribution in [2.45, 2.75) is 38.5 Å². The van der Waals surface area contributed by atoms with Gasteiger partial charge in [-0.15, -0.1) is 0 Å². The Morgan fingerprint density at radius 2 is 1.69 bits per heavy atom. The Morgan fingerprint density at radius 3 is 2.27 bits per heavy atom. The van der Waals surface area contributed by atoms with E-state index in [2.05, 4.69) is 5.32 Å². The zero-order chi connectivity index (χ0) is 18.8. The number of ether oxygens (including phenoxy) is 1. The van der Waals surface area contributed by atoms with Crippen LogP contribution in [-0.4, -0.2) is 13.0 Å². The van der Waals surface area contributed by atoms with Gasteiger partial charge in [0.15, 0.2) is 0 Å². The Kier molecular flexibility index (Phi) is 8.79. The molecule has 1 amide bonds. The minimum atomic E-state index is 0.124. The standard InChI is InChI=1S/C14H18ClNO.C7H7ClO/c15-12-6-8-13(9-7-12)16-14(17)10-11-4-2-1-3-5-11;1-9-7-5-3-2-4-6(7)8/h6-9,11H,1-5,10H2,(H,16,17);2-5H,1H3. The molecule has 0 atom stereocenters. The predicted molar refractivity (Wildman–Crippen MR) is 109 cm³/mol. The molecule has 2 aromatic carbocycles. The Morgan fingerprint density at radius 1 is 1.04 bits per heavy atom. The number of halogens is 2. The molecule has 0 aromatic heterocycles. The molecule has 0 saturated heterocycles. The molecule has 1 aliphatic rings. The second kappa shape index (κ2) is 11.1. The molecule has 3 rings (SSSR count). The normalized spacial score (nSPS) is 14.1. The molecule has 0 bridgehead atoms. The molecule has 0 radical (unpaired) electrons. The van der Waals surface area contributed by atoms with Gasteiger partial charge in [0.2, 0.25) is 5.91 Å². The Balaban J connectivity index is 0.000000228. The van der Waals surface area contributed by atoms with E-state index in [-0.39, 0.29) is 5.91 Å². The van der Waals surface area contributed by atoms with Gasteiger partial charge in [0.25, 0.3) is 0 Å². The number of hydrogen-bond acceptors (Lipinski definition) is 2. The van der Waals surface area contributed by atoms with Gasteiger partial charge in [-0.25, -0.2) is 0 Å². The second-order valence-corrected chi connectivity index (χ2v) is 7.24. The maximum Gasteiger partial charge on any atom is 0.224 e. The summed E-state index contributed by atoms with van der Waals surface area (Å²) in [5.74, 6) is 1.43. The van der Waals surface area contributed by atoms with E-state index in [0.29, 0.717) is 22.4 Å². The first-order valence-corrected chi connectivity index (χ1v) is 9.68.